The van der Waals surface area contributed by atoms with Gasteiger partial charge < -0.3 is 14.4 Å². The Bertz CT molecular complexity index is 825. The van der Waals surface area contributed by atoms with Crippen molar-refractivity contribution in [1.82, 2.24) is 4.98 Å². The van der Waals surface area contributed by atoms with Crippen molar-refractivity contribution >= 4 is 11.6 Å². The van der Waals surface area contributed by atoms with Gasteiger partial charge in [0.2, 0.25) is 5.88 Å². The highest BCUT2D eigenvalue weighted by molar-refractivity contribution is 6.00. The second-order valence-electron chi connectivity index (χ2n) is 6.42. The van der Waals surface area contributed by atoms with Crippen LogP contribution in [0.1, 0.15) is 26.3 Å². The van der Waals surface area contributed by atoms with Crippen molar-refractivity contribution in [2.75, 3.05) is 11.4 Å². The maximum atomic E-state index is 13.1. The Kier molecular flexibility index (Phi) is 4.32. The number of hydrogen-bond donors (Lipinski definition) is 0. The van der Waals surface area contributed by atoms with Gasteiger partial charge in [0.15, 0.2) is 5.60 Å². The summed E-state index contributed by atoms with van der Waals surface area (Å²) in [6.07, 6.45) is 1.48. The van der Waals surface area contributed by atoms with E-state index in [0.29, 0.717) is 29.4 Å². The van der Waals surface area contributed by atoms with E-state index in [2.05, 4.69) is 11.1 Å². The van der Waals surface area contributed by atoms with Crippen LogP contribution in [0.3, 0.4) is 0 Å². The molecule has 0 saturated heterocycles. The monoisotopic (exact) mass is 337 g/mol. The maximum Gasteiger partial charge on any atom is 0.270 e. The molecule has 0 N–H and O–H groups in total. The number of benzene rings is 1. The van der Waals surface area contributed by atoms with Gasteiger partial charge in [0, 0.05) is 6.20 Å². The van der Waals surface area contributed by atoms with Crippen LogP contribution < -0.4 is 14.4 Å². The number of nitrogens with zero attached hydrogens (tertiary/aromatic N) is 3. The Morgan fingerprint density at radius 3 is 2.76 bits per heavy atom. The summed E-state index contributed by atoms with van der Waals surface area (Å²) >= 11 is 0. The smallest absolute Gasteiger partial charge is 0.270 e. The van der Waals surface area contributed by atoms with Gasteiger partial charge in [-0.2, -0.15) is 5.26 Å². The summed E-state index contributed by atoms with van der Waals surface area (Å²) in [6.45, 7) is 5.78. The van der Waals surface area contributed by atoms with E-state index in [1.54, 1.807) is 55.3 Å². The Balaban J connectivity index is 1.84. The lowest BCUT2D eigenvalue weighted by atomic mass is 10.1. The van der Waals surface area contributed by atoms with Gasteiger partial charge in [0.05, 0.1) is 18.2 Å². The van der Waals surface area contributed by atoms with Crippen LogP contribution in [0.25, 0.3) is 0 Å². The average molecular weight is 337 g/mol. The van der Waals surface area contributed by atoms with E-state index >= 15 is 0 Å². The standard InChI is InChI=1S/C19H19N3O3/c1-13-12-22(16-5-4-10-21-17(16)24-13)18(23)19(2,3)25-15-8-6-14(11-20)7-9-15/h4-10,13H,12H2,1-3H3/t13-/m1/s1. The number of anilines is 1. The first-order valence-corrected chi connectivity index (χ1v) is 8.03. The van der Waals surface area contributed by atoms with Gasteiger partial charge in [-0.25, -0.2) is 4.98 Å². The lowest BCUT2D eigenvalue weighted by molar-refractivity contribution is -0.131. The molecular weight excluding hydrogens is 318 g/mol. The number of pyridine rings is 1. The molecule has 0 radical (unpaired) electrons. The number of ether oxygens (including phenoxy) is 2. The minimum absolute atomic E-state index is 0.155. The van der Waals surface area contributed by atoms with Gasteiger partial charge in [0.25, 0.3) is 5.91 Å². The average Bonchev–Trinajstić information content (AvgIpc) is 2.60. The van der Waals surface area contributed by atoms with Gasteiger partial charge in [-0.3, -0.25) is 4.79 Å². The third-order valence-electron chi connectivity index (χ3n) is 3.91. The van der Waals surface area contributed by atoms with Crippen molar-refractivity contribution in [1.29, 1.82) is 5.26 Å². The molecule has 25 heavy (non-hydrogen) atoms. The van der Waals surface area contributed by atoms with Crippen LogP contribution in [0.4, 0.5) is 5.69 Å². The predicted octanol–water partition coefficient (Wildman–Crippen LogP) is 2.92. The van der Waals surface area contributed by atoms with Crippen LogP contribution in [0.2, 0.25) is 0 Å². The first-order valence-electron chi connectivity index (χ1n) is 8.03. The zero-order chi connectivity index (χ0) is 18.0. The molecule has 128 valence electrons. The van der Waals surface area contributed by atoms with Crippen LogP contribution >= 0.6 is 0 Å². The lowest BCUT2D eigenvalue weighted by Gasteiger charge is -2.37. The minimum atomic E-state index is -1.08. The third-order valence-corrected chi connectivity index (χ3v) is 3.91. The molecule has 3 rings (SSSR count). The summed E-state index contributed by atoms with van der Waals surface area (Å²) < 4.78 is 11.6. The molecular formula is C19H19N3O3. The number of aromatic nitrogens is 1. The number of carbonyl (C=O) groups excluding carboxylic acids is 1. The first-order chi connectivity index (χ1) is 11.9. The largest absolute Gasteiger partial charge is 0.478 e. The highest BCUT2D eigenvalue weighted by Gasteiger charge is 2.39. The van der Waals surface area contributed by atoms with Crippen LogP contribution in [0, 0.1) is 11.3 Å². The molecule has 1 atom stereocenters. The van der Waals surface area contributed by atoms with E-state index in [0.717, 1.165) is 0 Å². The summed E-state index contributed by atoms with van der Waals surface area (Å²) in [5, 5.41) is 8.87. The van der Waals surface area contributed by atoms with Crippen molar-refractivity contribution in [2.45, 2.75) is 32.5 Å². The fourth-order valence-electron chi connectivity index (χ4n) is 2.71. The number of carbonyl (C=O) groups is 1. The molecule has 1 aromatic carbocycles. The van der Waals surface area contributed by atoms with E-state index in [1.165, 1.54) is 0 Å². The molecule has 2 aromatic rings. The highest BCUT2D eigenvalue weighted by Crippen LogP contribution is 2.33. The van der Waals surface area contributed by atoms with Crippen molar-refractivity contribution in [3.05, 3.63) is 48.2 Å². The fraction of sp³-hybridized carbons (Fsp3) is 0.316. The summed E-state index contributed by atoms with van der Waals surface area (Å²) in [5.41, 5.74) is 0.0961. The van der Waals surface area contributed by atoms with Gasteiger partial charge in [-0.15, -0.1) is 0 Å². The van der Waals surface area contributed by atoms with Gasteiger partial charge in [-0.1, -0.05) is 0 Å². The maximum absolute atomic E-state index is 13.1. The molecule has 0 saturated carbocycles. The second kappa shape index (κ2) is 6.44. The summed E-state index contributed by atoms with van der Waals surface area (Å²) in [4.78, 5) is 19.0. The lowest BCUT2D eigenvalue weighted by Crippen LogP contribution is -2.53. The number of rotatable bonds is 3. The fourth-order valence-corrected chi connectivity index (χ4v) is 2.71. The highest BCUT2D eigenvalue weighted by atomic mass is 16.5. The topological polar surface area (TPSA) is 75.5 Å². The quantitative estimate of drug-likeness (QED) is 0.861. The summed E-state index contributed by atoms with van der Waals surface area (Å²) in [5.74, 6) is 0.801. The third kappa shape index (κ3) is 3.41. The normalized spacial score (nSPS) is 16.4. The molecule has 1 aromatic heterocycles. The molecule has 1 aliphatic heterocycles. The molecule has 1 amide bonds. The van der Waals surface area contributed by atoms with Crippen LogP contribution in [-0.4, -0.2) is 29.1 Å². The van der Waals surface area contributed by atoms with Crippen LogP contribution in [0.15, 0.2) is 42.6 Å². The van der Waals surface area contributed by atoms with Crippen molar-refractivity contribution in [3.63, 3.8) is 0 Å². The van der Waals surface area contributed by atoms with Crippen LogP contribution in [-0.2, 0) is 4.79 Å². The molecule has 0 unspecified atom stereocenters. The minimum Gasteiger partial charge on any atom is -0.478 e. The van der Waals surface area contributed by atoms with Gasteiger partial charge in [-0.05, 0) is 57.2 Å². The van der Waals surface area contributed by atoms with Gasteiger partial charge >= 0.3 is 0 Å². The molecule has 0 aliphatic carbocycles. The van der Waals surface area contributed by atoms with Crippen molar-refractivity contribution in [3.8, 4) is 17.7 Å². The first kappa shape index (κ1) is 16.8. The Labute approximate surface area is 146 Å². The molecule has 1 aliphatic rings. The summed E-state index contributed by atoms with van der Waals surface area (Å²) in [6, 6.07) is 12.3. The van der Waals surface area contributed by atoms with Crippen molar-refractivity contribution < 1.29 is 14.3 Å². The number of hydrogen-bond acceptors (Lipinski definition) is 5. The molecule has 0 spiro atoms. The second-order valence-corrected chi connectivity index (χ2v) is 6.42. The number of fused-ring (bicyclic) bond motifs is 1. The summed E-state index contributed by atoms with van der Waals surface area (Å²) in [7, 11) is 0. The number of nitriles is 1. The van der Waals surface area contributed by atoms with Crippen LogP contribution in [0.5, 0.6) is 11.6 Å². The Hall–Kier alpha value is -3.07. The van der Waals surface area contributed by atoms with Gasteiger partial charge in [0.1, 0.15) is 17.5 Å². The molecule has 6 nitrogen and oxygen atoms in total. The molecule has 6 heteroatoms. The Morgan fingerprint density at radius 1 is 1.36 bits per heavy atom. The molecule has 0 fully saturated rings. The SMILES string of the molecule is C[C@@H]1CN(C(=O)C(C)(C)Oc2ccc(C#N)cc2)c2cccnc2O1. The van der Waals surface area contributed by atoms with E-state index in [1.807, 2.05) is 13.0 Å². The molecule has 2 heterocycles. The van der Waals surface area contributed by atoms with E-state index in [4.69, 9.17) is 14.7 Å². The zero-order valence-corrected chi connectivity index (χ0v) is 14.4. The van der Waals surface area contributed by atoms with E-state index in [9.17, 15) is 4.79 Å². The Morgan fingerprint density at radius 2 is 2.08 bits per heavy atom. The zero-order valence-electron chi connectivity index (χ0n) is 14.4. The molecule has 0 bridgehead atoms. The van der Waals surface area contributed by atoms with E-state index < -0.39 is 5.60 Å². The van der Waals surface area contributed by atoms with E-state index in [-0.39, 0.29) is 12.0 Å². The predicted molar refractivity (Wildman–Crippen MR) is 92.5 cm³/mol. The number of amides is 1. The van der Waals surface area contributed by atoms with Crippen molar-refractivity contribution in [2.24, 2.45) is 0 Å².